The van der Waals surface area contributed by atoms with Gasteiger partial charge in [0, 0.05) is 14.8 Å². The van der Waals surface area contributed by atoms with E-state index >= 15 is 0 Å². The lowest BCUT2D eigenvalue weighted by Crippen LogP contribution is -2.16. The maximum atomic E-state index is 5.97. The number of halogens is 1. The molecule has 0 saturated heterocycles. The number of benzene rings is 1. The van der Waals surface area contributed by atoms with Crippen molar-refractivity contribution in [2.24, 2.45) is 0 Å². The first-order chi connectivity index (χ1) is 9.28. The molecule has 1 aromatic heterocycles. The molecule has 1 atom stereocenters. The van der Waals surface area contributed by atoms with Crippen LogP contribution in [0.15, 0.2) is 30.3 Å². The van der Waals surface area contributed by atoms with Gasteiger partial charge in [-0.3, -0.25) is 0 Å². The third-order valence-corrected chi connectivity index (χ3v) is 5.35. The van der Waals surface area contributed by atoms with Crippen molar-refractivity contribution in [1.82, 2.24) is 5.32 Å². The molecule has 2 aromatic rings. The van der Waals surface area contributed by atoms with E-state index in [0.29, 0.717) is 0 Å². The standard InChI is InChI=1S/C16H18ClNS/c1-18-16(11-6-8-13(17)9-7-11)15-10-12-4-2-3-5-14(12)19-15/h6-10,16,18H,2-5H2,1H3. The first kappa shape index (κ1) is 13.2. The molecule has 3 rings (SSSR count). The highest BCUT2D eigenvalue weighted by atomic mass is 35.5. The van der Waals surface area contributed by atoms with E-state index in [0.717, 1.165) is 5.02 Å². The second-order valence-corrected chi connectivity index (χ2v) is 6.68. The Bertz CT molecular complexity index is 535. The molecular weight excluding hydrogens is 274 g/mol. The van der Waals surface area contributed by atoms with Crippen LogP contribution in [0.1, 0.15) is 39.8 Å². The highest BCUT2D eigenvalue weighted by Crippen LogP contribution is 2.35. The Morgan fingerprint density at radius 1 is 1.16 bits per heavy atom. The summed E-state index contributed by atoms with van der Waals surface area (Å²) >= 11 is 7.94. The van der Waals surface area contributed by atoms with Gasteiger partial charge in [0.2, 0.25) is 0 Å². The van der Waals surface area contributed by atoms with Crippen LogP contribution in [0, 0.1) is 0 Å². The molecule has 0 bridgehead atoms. The summed E-state index contributed by atoms with van der Waals surface area (Å²) < 4.78 is 0. The summed E-state index contributed by atoms with van der Waals surface area (Å²) in [6.07, 6.45) is 5.20. The molecule has 0 saturated carbocycles. The summed E-state index contributed by atoms with van der Waals surface area (Å²) in [4.78, 5) is 3.02. The van der Waals surface area contributed by atoms with Crippen LogP contribution in [0.3, 0.4) is 0 Å². The molecule has 0 fully saturated rings. The Kier molecular flexibility index (Phi) is 3.92. The van der Waals surface area contributed by atoms with Crippen molar-refractivity contribution in [2.45, 2.75) is 31.7 Å². The van der Waals surface area contributed by atoms with E-state index in [4.69, 9.17) is 11.6 Å². The van der Waals surface area contributed by atoms with E-state index in [-0.39, 0.29) is 6.04 Å². The number of hydrogen-bond donors (Lipinski definition) is 1. The minimum atomic E-state index is 0.285. The van der Waals surface area contributed by atoms with E-state index in [1.165, 1.54) is 36.1 Å². The number of fused-ring (bicyclic) bond motifs is 1. The van der Waals surface area contributed by atoms with E-state index < -0.39 is 0 Å². The molecule has 1 heterocycles. The summed E-state index contributed by atoms with van der Waals surface area (Å²) in [7, 11) is 2.03. The molecule has 1 unspecified atom stereocenters. The fraction of sp³-hybridized carbons (Fsp3) is 0.375. The molecule has 19 heavy (non-hydrogen) atoms. The van der Waals surface area contributed by atoms with Crippen LogP contribution in [0.2, 0.25) is 5.02 Å². The van der Waals surface area contributed by atoms with Gasteiger partial charge in [0.25, 0.3) is 0 Å². The molecule has 1 nitrogen and oxygen atoms in total. The van der Waals surface area contributed by atoms with Crippen LogP contribution in [0.5, 0.6) is 0 Å². The third kappa shape index (κ3) is 2.71. The van der Waals surface area contributed by atoms with E-state index in [9.17, 15) is 0 Å². The average Bonchev–Trinajstić information content (AvgIpc) is 2.85. The number of aryl methyl sites for hydroxylation is 2. The lowest BCUT2D eigenvalue weighted by molar-refractivity contribution is 0.691. The lowest BCUT2D eigenvalue weighted by Gasteiger charge is -2.15. The van der Waals surface area contributed by atoms with Crippen LogP contribution in [0.4, 0.5) is 0 Å². The molecule has 3 heteroatoms. The molecule has 1 aliphatic carbocycles. The van der Waals surface area contributed by atoms with Crippen LogP contribution in [0.25, 0.3) is 0 Å². The largest absolute Gasteiger partial charge is 0.309 e. The van der Waals surface area contributed by atoms with Crippen molar-refractivity contribution in [1.29, 1.82) is 0 Å². The van der Waals surface area contributed by atoms with Crippen LogP contribution in [-0.4, -0.2) is 7.05 Å². The lowest BCUT2D eigenvalue weighted by atomic mass is 9.98. The first-order valence-electron chi connectivity index (χ1n) is 6.82. The van der Waals surface area contributed by atoms with E-state index in [1.54, 1.807) is 10.4 Å². The summed E-state index contributed by atoms with van der Waals surface area (Å²) in [5.41, 5.74) is 2.85. The average molecular weight is 292 g/mol. The number of nitrogens with one attached hydrogen (secondary N) is 1. The molecule has 0 spiro atoms. The number of rotatable bonds is 3. The minimum absolute atomic E-state index is 0.285. The van der Waals surface area contributed by atoms with Crippen molar-refractivity contribution >= 4 is 22.9 Å². The Hall–Kier alpha value is -0.830. The van der Waals surface area contributed by atoms with Gasteiger partial charge in [-0.2, -0.15) is 0 Å². The van der Waals surface area contributed by atoms with Gasteiger partial charge in [-0.05, 0) is 62.1 Å². The van der Waals surface area contributed by atoms with Gasteiger partial charge < -0.3 is 5.32 Å². The molecule has 1 N–H and O–H groups in total. The molecule has 1 aliphatic rings. The topological polar surface area (TPSA) is 12.0 Å². The number of hydrogen-bond acceptors (Lipinski definition) is 2. The Labute approximate surface area is 123 Å². The van der Waals surface area contributed by atoms with Gasteiger partial charge in [-0.1, -0.05) is 23.7 Å². The highest BCUT2D eigenvalue weighted by Gasteiger charge is 2.19. The van der Waals surface area contributed by atoms with E-state index in [2.05, 4.69) is 23.5 Å². The maximum absolute atomic E-state index is 5.97. The highest BCUT2D eigenvalue weighted by molar-refractivity contribution is 7.12. The minimum Gasteiger partial charge on any atom is -0.309 e. The molecule has 0 aliphatic heterocycles. The van der Waals surface area contributed by atoms with Gasteiger partial charge in [0.1, 0.15) is 0 Å². The second-order valence-electron chi connectivity index (χ2n) is 5.08. The summed E-state index contributed by atoms with van der Waals surface area (Å²) in [6, 6.07) is 10.8. The predicted molar refractivity (Wildman–Crippen MR) is 83.3 cm³/mol. The molecule has 1 aromatic carbocycles. The smallest absolute Gasteiger partial charge is 0.0668 e. The van der Waals surface area contributed by atoms with Crippen molar-refractivity contribution in [3.8, 4) is 0 Å². The zero-order valence-corrected chi connectivity index (χ0v) is 12.7. The molecule has 0 amide bonds. The van der Waals surface area contributed by atoms with Gasteiger partial charge in [-0.15, -0.1) is 11.3 Å². The van der Waals surface area contributed by atoms with Crippen LogP contribution >= 0.6 is 22.9 Å². The van der Waals surface area contributed by atoms with Gasteiger partial charge in [-0.25, -0.2) is 0 Å². The predicted octanol–water partition coefficient (Wildman–Crippen LogP) is 4.59. The van der Waals surface area contributed by atoms with Gasteiger partial charge in [0.05, 0.1) is 6.04 Å². The first-order valence-corrected chi connectivity index (χ1v) is 8.01. The van der Waals surface area contributed by atoms with Crippen molar-refractivity contribution in [3.05, 3.63) is 56.2 Å². The van der Waals surface area contributed by atoms with Gasteiger partial charge >= 0.3 is 0 Å². The maximum Gasteiger partial charge on any atom is 0.0668 e. The van der Waals surface area contributed by atoms with Crippen molar-refractivity contribution in [3.63, 3.8) is 0 Å². The molecule has 0 radical (unpaired) electrons. The zero-order valence-electron chi connectivity index (χ0n) is 11.1. The summed E-state index contributed by atoms with van der Waals surface area (Å²) in [5, 5.41) is 4.23. The van der Waals surface area contributed by atoms with Crippen molar-refractivity contribution in [2.75, 3.05) is 7.05 Å². The Morgan fingerprint density at radius 3 is 2.58 bits per heavy atom. The number of thiophene rings is 1. The zero-order chi connectivity index (χ0) is 13.2. The molecule has 100 valence electrons. The quantitative estimate of drug-likeness (QED) is 0.872. The fourth-order valence-corrected chi connectivity index (χ4v) is 4.31. The van der Waals surface area contributed by atoms with Crippen molar-refractivity contribution < 1.29 is 0 Å². The monoisotopic (exact) mass is 291 g/mol. The summed E-state index contributed by atoms with van der Waals surface area (Å²) in [6.45, 7) is 0. The van der Waals surface area contributed by atoms with Gasteiger partial charge in [0.15, 0.2) is 0 Å². The Morgan fingerprint density at radius 2 is 1.89 bits per heavy atom. The second kappa shape index (κ2) is 5.66. The third-order valence-electron chi connectivity index (χ3n) is 3.79. The Balaban J connectivity index is 1.93. The fourth-order valence-electron chi connectivity index (χ4n) is 2.78. The van der Waals surface area contributed by atoms with E-state index in [1.807, 2.05) is 30.5 Å². The summed E-state index contributed by atoms with van der Waals surface area (Å²) in [5.74, 6) is 0. The molecular formula is C16H18ClNS. The normalized spacial score (nSPS) is 16.1. The SMILES string of the molecule is CNC(c1ccc(Cl)cc1)c1cc2c(s1)CCCC2. The van der Waals surface area contributed by atoms with Crippen LogP contribution < -0.4 is 5.32 Å². The van der Waals surface area contributed by atoms with Crippen LogP contribution in [-0.2, 0) is 12.8 Å².